The summed E-state index contributed by atoms with van der Waals surface area (Å²) in [5, 5.41) is 47.6. The Hall–Kier alpha value is -17.0. The van der Waals surface area contributed by atoms with E-state index in [4.69, 9.17) is 61.8 Å². The fourth-order valence-corrected chi connectivity index (χ4v) is 14.8. The summed E-state index contributed by atoms with van der Waals surface area (Å²) in [6.07, 6.45) is 27.4. The second-order valence-electron chi connectivity index (χ2n) is 31.8. The minimum Gasteiger partial charge on any atom is -0.494 e. The minimum atomic E-state index is -0.439. The molecule has 0 bridgehead atoms. The van der Waals surface area contributed by atoms with Crippen LogP contribution in [0.3, 0.4) is 0 Å². The number of pyridine rings is 5. The van der Waals surface area contributed by atoms with Crippen molar-refractivity contribution in [2.45, 2.75) is 32.2 Å². The van der Waals surface area contributed by atoms with Crippen LogP contribution in [0.25, 0.3) is 28.2 Å². The van der Waals surface area contributed by atoms with Gasteiger partial charge in [-0.2, -0.15) is 0 Å². The second kappa shape index (κ2) is 42.5. The van der Waals surface area contributed by atoms with Crippen LogP contribution in [0.2, 0.25) is 0 Å². The Kier molecular flexibility index (Phi) is 29.3. The van der Waals surface area contributed by atoms with Crippen LogP contribution in [0, 0.1) is 11.3 Å². The third-order valence-corrected chi connectivity index (χ3v) is 22.0. The maximum Gasteiger partial charge on any atom is 0.263 e. The highest BCUT2D eigenvalue weighted by molar-refractivity contribution is 6.15. The molecule has 0 aliphatic carbocycles. The fraction of sp³-hybridized carbons (Fsp3) is 0.310. The van der Waals surface area contributed by atoms with Crippen molar-refractivity contribution in [1.29, 1.82) is 0 Å². The topological polar surface area (TPSA) is 613 Å². The molecule has 19 rings (SSSR count). The molecule has 708 valence electrons. The average molecular weight is 1860 g/mol. The van der Waals surface area contributed by atoms with Crippen molar-refractivity contribution in [3.8, 4) is 28.7 Å². The number of methoxy groups -OCH3 is 5. The molecule has 1 unspecified atom stereocenters. The van der Waals surface area contributed by atoms with Gasteiger partial charge in [-0.15, -0.1) is 25.5 Å². The fourth-order valence-electron chi connectivity index (χ4n) is 14.8. The van der Waals surface area contributed by atoms with Crippen molar-refractivity contribution in [2.24, 2.45) is 11.3 Å². The molecular formula is C87H103N37O12. The van der Waals surface area contributed by atoms with Gasteiger partial charge in [-0.1, -0.05) is 6.92 Å². The lowest BCUT2D eigenvalue weighted by Crippen LogP contribution is -2.66. The van der Waals surface area contributed by atoms with Crippen molar-refractivity contribution < 1.29 is 57.1 Å². The maximum absolute atomic E-state index is 12.9. The number of anilines is 15. The Morgan fingerprint density at radius 1 is 0.426 bits per heavy atom. The number of nitrogen functional groups attached to an aromatic ring is 5. The van der Waals surface area contributed by atoms with Gasteiger partial charge in [-0.05, 0) is 77.3 Å². The van der Waals surface area contributed by atoms with Gasteiger partial charge in [-0.3, -0.25) is 48.9 Å². The number of carbonyl (C=O) groups excluding carboxylic acids is 5. The number of nitrogens with zero attached hydrogens (tertiary/aromatic N) is 23. The van der Waals surface area contributed by atoms with E-state index in [9.17, 15) is 24.0 Å². The molecule has 4 aliphatic rings. The number of amides is 5. The SMILES string of the molecule is CCCNc1ccn2nc(N)c(C(=O)Nc3cnccc3OC)c2n1.COc1ccncc1NC(=O)c1c(N)nn2ccc(N3CC4(COC4)C3)nc12.COc1ccncc1NC(=O)c1c(N)nn2ccc(NCC3CCCN3C)nc12.COc1ccncc1NC(=O)c1c(N)nn2ccc(NCC3COC3)nc12.COc1ccncc1NC(=O)c1c(N)nn2ccc(NCCN(C)C)nc12. The number of nitrogens with two attached hydrogens (primary N) is 5. The quantitative estimate of drug-likeness (QED) is 0.0254. The van der Waals surface area contributed by atoms with E-state index < -0.39 is 29.5 Å². The molecule has 15 aromatic heterocycles. The standard InChI is InChI=1S/C19H24N8O2.C18H19N7O3.C17H22N8O2.C17H19N7O3.C16H19N7O2/c1-26-8-3-4-12(26)10-22-15-6-9-27-18(24-15)16(17(20)25-27)19(28)23-13-11-21-7-5-14(13)29-2;1-27-12-2-4-20-6-11(12)21-17(26)14-15(19)23-25-5-3-13(22-16(14)25)24-7-18(8-24)9-28-10-18;1-24(2)9-7-20-13-5-8-25-16(22-13)14(15(18)23-25)17(26)21-11-10-19-6-4-12(11)27-3;1-26-12-2-4-19-7-11(12)21-17(25)14-15(18)23-24-5-3-13(22-16(14)24)20-6-10-8-27-9-10;1-3-6-19-12-5-8-23-15(21-12)13(14(17)22-23)16(24)20-10-9-18-7-4-11(10)25-2/h5-7,9,11-12H,3-4,8,10H2,1-2H3,(H2,20,25)(H,22,24)(H,23,28);2-6H,7-10H2,1H3,(H2,19,23)(H,21,26);4-6,8,10H,7,9H2,1-3H3,(H2,18,23)(H,20,22)(H,21,26);2-5,7,10H,6,8-9H2,1H3,(H2,18,23)(H,20,22)(H,21,25);4-5,7-9H,3,6H2,1-2H3,(H2,17,22)(H,19,21)(H,20,24). The monoisotopic (exact) mass is 1860 g/mol. The molecule has 0 aromatic carbocycles. The van der Waals surface area contributed by atoms with Gasteiger partial charge < -0.3 is 124 Å². The first kappa shape index (κ1) is 93.7. The molecule has 15 aromatic rings. The molecule has 49 heteroatoms. The zero-order valence-corrected chi connectivity index (χ0v) is 75.8. The Morgan fingerprint density at radius 2 is 0.743 bits per heavy atom. The molecule has 4 fully saturated rings. The van der Waals surface area contributed by atoms with Crippen molar-refractivity contribution >= 4 is 144 Å². The minimum absolute atomic E-state index is 0.0902. The predicted molar refractivity (Wildman–Crippen MR) is 509 cm³/mol. The van der Waals surface area contributed by atoms with Gasteiger partial charge in [0.1, 0.15) is 114 Å². The third kappa shape index (κ3) is 21.5. The molecule has 136 heavy (non-hydrogen) atoms. The molecule has 4 aliphatic heterocycles. The van der Waals surface area contributed by atoms with Crippen molar-refractivity contribution in [2.75, 3.05) is 217 Å². The maximum atomic E-state index is 12.9. The number of nitrogens with one attached hydrogen (secondary N) is 9. The van der Waals surface area contributed by atoms with Gasteiger partial charge in [-0.25, -0.2) is 47.5 Å². The number of aromatic nitrogens is 20. The first-order chi connectivity index (χ1) is 65.9. The van der Waals surface area contributed by atoms with Crippen LogP contribution in [0.4, 0.5) is 86.6 Å². The third-order valence-electron chi connectivity index (χ3n) is 22.0. The first-order valence-corrected chi connectivity index (χ1v) is 42.9. The van der Waals surface area contributed by atoms with E-state index in [0.717, 1.165) is 90.9 Å². The van der Waals surface area contributed by atoms with E-state index in [1.165, 1.54) is 95.5 Å². The lowest BCUT2D eigenvalue weighted by atomic mass is 9.78. The van der Waals surface area contributed by atoms with Gasteiger partial charge in [0.05, 0.1) is 98.4 Å². The summed E-state index contributed by atoms with van der Waals surface area (Å²) < 4.78 is 44.1. The number of ether oxygens (including phenoxy) is 7. The summed E-state index contributed by atoms with van der Waals surface area (Å²) in [6, 6.07) is 17.8. The highest BCUT2D eigenvalue weighted by atomic mass is 16.5. The van der Waals surface area contributed by atoms with E-state index in [1.807, 2.05) is 26.2 Å². The molecule has 19 N–H and O–H groups in total. The largest absolute Gasteiger partial charge is 0.494 e. The van der Waals surface area contributed by atoms with Crippen LogP contribution < -0.4 is 105 Å². The van der Waals surface area contributed by atoms with E-state index in [0.29, 0.717) is 127 Å². The van der Waals surface area contributed by atoms with Gasteiger partial charge in [0.25, 0.3) is 29.5 Å². The Morgan fingerprint density at radius 3 is 1.03 bits per heavy atom. The molecule has 4 saturated heterocycles. The van der Waals surface area contributed by atoms with Crippen LogP contribution in [-0.2, 0) is 9.47 Å². The van der Waals surface area contributed by atoms with Gasteiger partial charge in [0.15, 0.2) is 57.3 Å². The Bertz CT molecular complexity index is 6810. The smallest absolute Gasteiger partial charge is 0.263 e. The number of rotatable bonds is 29. The van der Waals surface area contributed by atoms with Crippen LogP contribution in [0.1, 0.15) is 78.0 Å². The van der Waals surface area contributed by atoms with E-state index in [1.54, 1.807) is 110 Å². The molecule has 19 heterocycles. The first-order valence-electron chi connectivity index (χ1n) is 42.9. The van der Waals surface area contributed by atoms with Gasteiger partial charge in [0, 0.05) is 150 Å². The number of hydrogen-bond donors (Lipinski definition) is 14. The summed E-state index contributed by atoms with van der Waals surface area (Å²) in [6.45, 7) is 11.9. The summed E-state index contributed by atoms with van der Waals surface area (Å²) in [4.78, 5) is 113. The van der Waals surface area contributed by atoms with Gasteiger partial charge >= 0.3 is 0 Å². The highest BCUT2D eigenvalue weighted by Gasteiger charge is 2.49. The van der Waals surface area contributed by atoms with Crippen LogP contribution in [0.5, 0.6) is 28.7 Å². The molecule has 1 atom stereocenters. The van der Waals surface area contributed by atoms with Crippen molar-refractivity contribution in [3.05, 3.63) is 181 Å². The van der Waals surface area contributed by atoms with Crippen molar-refractivity contribution in [1.82, 2.24) is 108 Å². The zero-order chi connectivity index (χ0) is 95.7. The lowest BCUT2D eigenvalue weighted by Gasteiger charge is -2.55. The Balaban J connectivity index is 0.000000129. The number of carbonyl (C=O) groups is 5. The number of fused-ring (bicyclic) bond motifs is 5. The molecule has 0 radical (unpaired) electrons. The van der Waals surface area contributed by atoms with E-state index >= 15 is 0 Å². The number of likely N-dealkylation sites (N-methyl/N-ethyl adjacent to an activating group) is 2. The lowest BCUT2D eigenvalue weighted by molar-refractivity contribution is -0.127. The molecule has 49 nitrogen and oxygen atoms in total. The molecule has 5 amide bonds. The normalized spacial score (nSPS) is 14.0. The number of hydrogen-bond acceptors (Lipinski definition) is 39. The summed E-state index contributed by atoms with van der Waals surface area (Å²) >= 11 is 0. The van der Waals surface area contributed by atoms with Crippen LogP contribution in [-0.4, -0.2) is 279 Å². The van der Waals surface area contributed by atoms with E-state index in [2.05, 4.69) is 152 Å². The zero-order valence-electron chi connectivity index (χ0n) is 75.8. The van der Waals surface area contributed by atoms with Crippen LogP contribution >= 0.6 is 0 Å². The molecule has 1 spiro atoms. The Labute approximate surface area is 776 Å². The summed E-state index contributed by atoms with van der Waals surface area (Å²) in [7, 11) is 13.7. The molecular weight excluding hydrogens is 1760 g/mol. The average Bonchev–Trinajstić information content (AvgIpc) is 1.43. The highest BCUT2D eigenvalue weighted by Crippen LogP contribution is 2.41. The van der Waals surface area contributed by atoms with Crippen LogP contribution in [0.15, 0.2) is 154 Å². The summed E-state index contributed by atoms with van der Waals surface area (Å²) in [5.41, 5.74) is 35.2. The van der Waals surface area contributed by atoms with Crippen molar-refractivity contribution in [3.63, 3.8) is 0 Å². The van der Waals surface area contributed by atoms with Gasteiger partial charge in [0.2, 0.25) is 0 Å². The summed E-state index contributed by atoms with van der Waals surface area (Å²) in [5.74, 6) is 4.68. The second-order valence-corrected chi connectivity index (χ2v) is 31.8. The molecule has 0 saturated carbocycles. The number of likely N-dealkylation sites (tertiary alicyclic amines) is 1. The predicted octanol–water partition coefficient (Wildman–Crippen LogP) is 6.03. The van der Waals surface area contributed by atoms with E-state index in [-0.39, 0.29) is 62.3 Å².